The molecule has 0 radical (unpaired) electrons. The molecule has 0 aromatic carbocycles. The van der Waals surface area contributed by atoms with E-state index in [0.717, 1.165) is 63.7 Å². The Morgan fingerprint density at radius 3 is 0.860 bits per heavy atom. The van der Waals surface area contributed by atoms with Gasteiger partial charge in [0.1, 0.15) is 13.2 Å². The zero-order chi connectivity index (χ0) is 41.7. The zero-order valence-corrected chi connectivity index (χ0v) is 38.8. The molecule has 6 nitrogen and oxygen atoms in total. The molecule has 0 amide bonds. The van der Waals surface area contributed by atoms with E-state index in [1.165, 1.54) is 180 Å². The van der Waals surface area contributed by atoms with Gasteiger partial charge in [-0.1, -0.05) is 246 Å². The highest BCUT2D eigenvalue weighted by atomic mass is 16.6. The van der Waals surface area contributed by atoms with Gasteiger partial charge in [-0.3, -0.25) is 14.4 Å². The van der Waals surface area contributed by atoms with Crippen LogP contribution in [0.5, 0.6) is 0 Å². The second-order valence-electron chi connectivity index (χ2n) is 17.9. The Kier molecular flexibility index (Phi) is 44.2. The van der Waals surface area contributed by atoms with Crippen molar-refractivity contribution in [1.29, 1.82) is 0 Å². The summed E-state index contributed by atoms with van der Waals surface area (Å²) in [4.78, 5) is 37.8. The van der Waals surface area contributed by atoms with Gasteiger partial charge >= 0.3 is 17.9 Å². The van der Waals surface area contributed by atoms with E-state index in [2.05, 4.69) is 27.7 Å². The first-order valence-corrected chi connectivity index (χ1v) is 25.4. The molecular weight excluding hydrogens is 709 g/mol. The molecule has 0 saturated carbocycles. The maximum atomic E-state index is 12.8. The van der Waals surface area contributed by atoms with Crippen LogP contribution in [0.4, 0.5) is 0 Å². The van der Waals surface area contributed by atoms with E-state index in [-0.39, 0.29) is 31.1 Å². The first-order chi connectivity index (χ1) is 27.9. The van der Waals surface area contributed by atoms with Crippen LogP contribution in [0.2, 0.25) is 0 Å². The highest BCUT2D eigenvalue weighted by Gasteiger charge is 2.19. The van der Waals surface area contributed by atoms with Gasteiger partial charge in [-0.15, -0.1) is 0 Å². The van der Waals surface area contributed by atoms with E-state index in [1.54, 1.807) is 0 Å². The third-order valence-electron chi connectivity index (χ3n) is 11.5. The summed E-state index contributed by atoms with van der Waals surface area (Å²) < 4.78 is 16.8. The summed E-state index contributed by atoms with van der Waals surface area (Å²) in [5.41, 5.74) is 0. The number of hydrogen-bond donors (Lipinski definition) is 0. The highest BCUT2D eigenvalue weighted by molar-refractivity contribution is 5.71. The molecule has 0 heterocycles. The van der Waals surface area contributed by atoms with E-state index in [4.69, 9.17) is 14.2 Å². The standard InChI is InChI=1S/C51H98O6/c1-5-7-9-11-13-15-17-19-21-23-25-27-29-34-38-42-49(52)55-45-48(46-56-50(53)43-39-35-32-31-33-37-41-47(3)4)57-51(54)44-40-36-30-28-26-24-22-20-18-16-14-12-10-8-6-2/h47-48H,5-46H2,1-4H3/t48-/m1/s1. The molecule has 0 N–H and O–H groups in total. The minimum absolute atomic E-state index is 0.0637. The van der Waals surface area contributed by atoms with Crippen molar-refractivity contribution in [2.45, 2.75) is 291 Å². The lowest BCUT2D eigenvalue weighted by atomic mass is 10.0. The fourth-order valence-corrected chi connectivity index (χ4v) is 7.69. The quantitative estimate of drug-likeness (QED) is 0.0346. The zero-order valence-electron chi connectivity index (χ0n) is 38.8. The fourth-order valence-electron chi connectivity index (χ4n) is 7.69. The number of unbranched alkanes of at least 4 members (excludes halogenated alkanes) is 33. The van der Waals surface area contributed by atoms with Gasteiger partial charge in [0.05, 0.1) is 0 Å². The highest BCUT2D eigenvalue weighted by Crippen LogP contribution is 2.17. The molecule has 0 aromatic heterocycles. The molecular formula is C51H98O6. The average Bonchev–Trinajstić information content (AvgIpc) is 3.19. The number of hydrogen-bond acceptors (Lipinski definition) is 6. The van der Waals surface area contributed by atoms with E-state index >= 15 is 0 Å². The minimum atomic E-state index is -0.760. The SMILES string of the molecule is CCCCCCCCCCCCCCCCCC(=O)OC[C@H](COC(=O)CCCCCCCCC(C)C)OC(=O)CCCCCCCCCCCCCCCCC. The van der Waals surface area contributed by atoms with Crippen molar-refractivity contribution in [3.63, 3.8) is 0 Å². The van der Waals surface area contributed by atoms with Crippen molar-refractivity contribution in [2.75, 3.05) is 13.2 Å². The summed E-state index contributed by atoms with van der Waals surface area (Å²) in [6, 6.07) is 0. The molecule has 0 aliphatic heterocycles. The second kappa shape index (κ2) is 45.5. The molecule has 0 saturated heterocycles. The minimum Gasteiger partial charge on any atom is -0.462 e. The monoisotopic (exact) mass is 807 g/mol. The Bertz CT molecular complexity index is 857. The van der Waals surface area contributed by atoms with Crippen LogP contribution in [0.3, 0.4) is 0 Å². The second-order valence-corrected chi connectivity index (χ2v) is 17.9. The molecule has 0 aliphatic carbocycles. The van der Waals surface area contributed by atoms with Gasteiger partial charge in [-0.25, -0.2) is 0 Å². The Morgan fingerprint density at radius 2 is 0.579 bits per heavy atom. The molecule has 0 aliphatic rings. The van der Waals surface area contributed by atoms with Crippen LogP contribution >= 0.6 is 0 Å². The van der Waals surface area contributed by atoms with Gasteiger partial charge < -0.3 is 14.2 Å². The molecule has 0 rings (SSSR count). The van der Waals surface area contributed by atoms with Crippen molar-refractivity contribution in [2.24, 2.45) is 5.92 Å². The molecule has 57 heavy (non-hydrogen) atoms. The largest absolute Gasteiger partial charge is 0.462 e. The van der Waals surface area contributed by atoms with Gasteiger partial charge in [-0.2, -0.15) is 0 Å². The van der Waals surface area contributed by atoms with E-state index < -0.39 is 6.10 Å². The number of carbonyl (C=O) groups is 3. The molecule has 0 aromatic rings. The van der Waals surface area contributed by atoms with Crippen LogP contribution in [0.15, 0.2) is 0 Å². The fraction of sp³-hybridized carbons (Fsp3) is 0.941. The summed E-state index contributed by atoms with van der Waals surface area (Å²) >= 11 is 0. The maximum Gasteiger partial charge on any atom is 0.306 e. The number of rotatable bonds is 46. The van der Waals surface area contributed by atoms with Crippen LogP contribution < -0.4 is 0 Å². The lowest BCUT2D eigenvalue weighted by molar-refractivity contribution is -0.167. The van der Waals surface area contributed by atoms with Crippen LogP contribution in [0.25, 0.3) is 0 Å². The van der Waals surface area contributed by atoms with E-state index in [1.807, 2.05) is 0 Å². The topological polar surface area (TPSA) is 78.9 Å². The number of carbonyl (C=O) groups excluding carboxylic acids is 3. The summed E-state index contributed by atoms with van der Waals surface area (Å²) in [5, 5.41) is 0. The molecule has 338 valence electrons. The number of esters is 3. The summed E-state index contributed by atoms with van der Waals surface area (Å²) in [6.07, 6.45) is 46.7. The average molecular weight is 807 g/mol. The summed E-state index contributed by atoms with van der Waals surface area (Å²) in [5.74, 6) is -0.0870. The molecule has 0 spiro atoms. The van der Waals surface area contributed by atoms with Gasteiger partial charge in [0.15, 0.2) is 6.10 Å². The Labute approximate surface area is 355 Å². The molecule has 1 atom stereocenters. The van der Waals surface area contributed by atoms with Crippen molar-refractivity contribution < 1.29 is 28.6 Å². The predicted molar refractivity (Wildman–Crippen MR) is 243 cm³/mol. The van der Waals surface area contributed by atoms with Crippen molar-refractivity contribution >= 4 is 17.9 Å². The first-order valence-electron chi connectivity index (χ1n) is 25.4. The normalized spacial score (nSPS) is 11.9. The number of ether oxygens (including phenoxy) is 3. The lowest BCUT2D eigenvalue weighted by Gasteiger charge is -2.18. The Balaban J connectivity index is 4.27. The van der Waals surface area contributed by atoms with Crippen LogP contribution in [0, 0.1) is 5.92 Å². The Morgan fingerprint density at radius 1 is 0.333 bits per heavy atom. The third-order valence-corrected chi connectivity index (χ3v) is 11.5. The van der Waals surface area contributed by atoms with Crippen LogP contribution in [-0.2, 0) is 28.6 Å². The Hall–Kier alpha value is -1.59. The van der Waals surface area contributed by atoms with E-state index in [9.17, 15) is 14.4 Å². The summed E-state index contributed by atoms with van der Waals surface area (Å²) in [6.45, 7) is 8.96. The van der Waals surface area contributed by atoms with Crippen LogP contribution in [0.1, 0.15) is 285 Å². The molecule has 6 heteroatoms. The van der Waals surface area contributed by atoms with Crippen molar-refractivity contribution in [3.05, 3.63) is 0 Å². The van der Waals surface area contributed by atoms with Gasteiger partial charge in [0, 0.05) is 19.3 Å². The first kappa shape index (κ1) is 55.4. The van der Waals surface area contributed by atoms with Crippen molar-refractivity contribution in [1.82, 2.24) is 0 Å². The van der Waals surface area contributed by atoms with Gasteiger partial charge in [0.25, 0.3) is 0 Å². The molecule has 0 unspecified atom stereocenters. The van der Waals surface area contributed by atoms with Gasteiger partial charge in [-0.05, 0) is 25.2 Å². The molecule has 0 fully saturated rings. The molecule has 0 bridgehead atoms. The summed E-state index contributed by atoms with van der Waals surface area (Å²) in [7, 11) is 0. The smallest absolute Gasteiger partial charge is 0.306 e. The van der Waals surface area contributed by atoms with Gasteiger partial charge in [0.2, 0.25) is 0 Å². The van der Waals surface area contributed by atoms with Crippen LogP contribution in [-0.4, -0.2) is 37.2 Å². The third kappa shape index (κ3) is 45.3. The van der Waals surface area contributed by atoms with Crippen molar-refractivity contribution in [3.8, 4) is 0 Å². The predicted octanol–water partition coefficient (Wildman–Crippen LogP) is 16.3. The maximum absolute atomic E-state index is 12.8. The van der Waals surface area contributed by atoms with E-state index in [0.29, 0.717) is 19.3 Å². The lowest BCUT2D eigenvalue weighted by Crippen LogP contribution is -2.30.